The Morgan fingerprint density at radius 2 is 2.12 bits per heavy atom. The zero-order valence-corrected chi connectivity index (χ0v) is 9.17. The molecule has 0 aliphatic carbocycles. The molecule has 0 spiro atoms. The predicted molar refractivity (Wildman–Crippen MR) is 57.5 cm³/mol. The molecule has 0 unspecified atom stereocenters. The van der Waals surface area contributed by atoms with E-state index in [0.717, 1.165) is 12.1 Å². The molecular weight excluding hydrogens is 233 g/mol. The van der Waals surface area contributed by atoms with Gasteiger partial charge in [-0.05, 0) is 24.6 Å². The van der Waals surface area contributed by atoms with Crippen LogP contribution in [-0.4, -0.2) is 12.6 Å². The first-order valence-electron chi connectivity index (χ1n) is 4.91. The van der Waals surface area contributed by atoms with Gasteiger partial charge in [0.1, 0.15) is 0 Å². The summed E-state index contributed by atoms with van der Waals surface area (Å²) in [5.41, 5.74) is -1.08. The Morgan fingerprint density at radius 3 is 2.59 bits per heavy atom. The van der Waals surface area contributed by atoms with E-state index in [1.54, 1.807) is 6.92 Å². The molecule has 0 amide bonds. The Labute approximate surface area is 96.7 Å². The van der Waals surface area contributed by atoms with Gasteiger partial charge in [0.05, 0.1) is 17.7 Å². The van der Waals surface area contributed by atoms with Gasteiger partial charge in [0, 0.05) is 0 Å². The van der Waals surface area contributed by atoms with E-state index in [1.807, 2.05) is 0 Å². The summed E-state index contributed by atoms with van der Waals surface area (Å²) in [5, 5.41) is 0. The van der Waals surface area contributed by atoms with Crippen molar-refractivity contribution in [3.8, 4) is 0 Å². The highest BCUT2D eigenvalue weighted by Gasteiger charge is 2.33. The number of alkyl halides is 3. The van der Waals surface area contributed by atoms with E-state index in [9.17, 15) is 18.0 Å². The van der Waals surface area contributed by atoms with Crippen molar-refractivity contribution >= 4 is 12.0 Å². The first-order chi connectivity index (χ1) is 7.90. The van der Waals surface area contributed by atoms with Crippen LogP contribution in [0, 0.1) is 0 Å². The molecule has 17 heavy (non-hydrogen) atoms. The standard InChI is InChI=1S/C12H11F3O2/c1-3-8-5-6-9(11(16)17-4-2)7-10(8)12(13,14)15/h3,5-7H,1,4H2,2H3. The number of carbonyl (C=O) groups excluding carboxylic acids is 1. The van der Waals surface area contributed by atoms with Crippen LogP contribution in [0.4, 0.5) is 13.2 Å². The van der Waals surface area contributed by atoms with Gasteiger partial charge < -0.3 is 4.74 Å². The fourth-order valence-corrected chi connectivity index (χ4v) is 1.32. The van der Waals surface area contributed by atoms with Gasteiger partial charge in [-0.1, -0.05) is 18.7 Å². The number of benzene rings is 1. The molecular formula is C12H11F3O2. The first kappa shape index (κ1) is 13.3. The molecule has 0 heterocycles. The van der Waals surface area contributed by atoms with Crippen molar-refractivity contribution < 1.29 is 22.7 Å². The molecule has 1 aromatic rings. The lowest BCUT2D eigenvalue weighted by molar-refractivity contribution is -0.137. The van der Waals surface area contributed by atoms with E-state index in [0.29, 0.717) is 0 Å². The molecule has 5 heteroatoms. The second kappa shape index (κ2) is 5.03. The van der Waals surface area contributed by atoms with Crippen LogP contribution in [-0.2, 0) is 10.9 Å². The summed E-state index contributed by atoms with van der Waals surface area (Å²) < 4.78 is 42.6. The summed E-state index contributed by atoms with van der Waals surface area (Å²) in [4.78, 5) is 11.3. The molecule has 0 radical (unpaired) electrons. The average Bonchev–Trinajstić information content (AvgIpc) is 2.27. The maximum Gasteiger partial charge on any atom is 0.417 e. The summed E-state index contributed by atoms with van der Waals surface area (Å²) in [6.45, 7) is 5.00. The quantitative estimate of drug-likeness (QED) is 0.760. The molecule has 0 fully saturated rings. The third-order valence-electron chi connectivity index (χ3n) is 2.09. The maximum atomic E-state index is 12.7. The Balaban J connectivity index is 3.23. The van der Waals surface area contributed by atoms with Crippen molar-refractivity contribution in [2.75, 3.05) is 6.61 Å². The van der Waals surface area contributed by atoms with Gasteiger partial charge in [-0.15, -0.1) is 0 Å². The van der Waals surface area contributed by atoms with E-state index in [1.165, 1.54) is 12.1 Å². The van der Waals surface area contributed by atoms with Crippen LogP contribution in [0.25, 0.3) is 6.08 Å². The summed E-state index contributed by atoms with van der Waals surface area (Å²) in [6.07, 6.45) is -3.43. The maximum absolute atomic E-state index is 12.7. The lowest BCUT2D eigenvalue weighted by atomic mass is 10.0. The molecule has 0 aromatic heterocycles. The monoisotopic (exact) mass is 244 g/mol. The van der Waals surface area contributed by atoms with E-state index in [4.69, 9.17) is 0 Å². The molecule has 0 saturated heterocycles. The molecule has 1 rings (SSSR count). The van der Waals surface area contributed by atoms with Crippen molar-refractivity contribution in [2.24, 2.45) is 0 Å². The summed E-state index contributed by atoms with van der Waals surface area (Å²) in [7, 11) is 0. The molecule has 0 aliphatic rings. The van der Waals surface area contributed by atoms with Crippen LogP contribution < -0.4 is 0 Å². The first-order valence-corrected chi connectivity index (χ1v) is 4.91. The molecule has 0 aliphatic heterocycles. The number of hydrogen-bond acceptors (Lipinski definition) is 2. The molecule has 0 atom stereocenters. The molecule has 0 N–H and O–H groups in total. The number of carbonyl (C=O) groups is 1. The minimum absolute atomic E-state index is 0.0643. The van der Waals surface area contributed by atoms with Crippen molar-refractivity contribution in [3.05, 3.63) is 41.5 Å². The van der Waals surface area contributed by atoms with Crippen LogP contribution in [0.5, 0.6) is 0 Å². The second-order valence-electron chi connectivity index (χ2n) is 3.22. The highest BCUT2D eigenvalue weighted by Crippen LogP contribution is 2.33. The fraction of sp³-hybridized carbons (Fsp3) is 0.250. The fourth-order valence-electron chi connectivity index (χ4n) is 1.32. The number of esters is 1. The number of hydrogen-bond donors (Lipinski definition) is 0. The van der Waals surface area contributed by atoms with Crippen molar-refractivity contribution in [2.45, 2.75) is 13.1 Å². The highest BCUT2D eigenvalue weighted by molar-refractivity contribution is 5.90. The third-order valence-corrected chi connectivity index (χ3v) is 2.09. The van der Waals surface area contributed by atoms with Crippen LogP contribution in [0.15, 0.2) is 24.8 Å². The van der Waals surface area contributed by atoms with Gasteiger partial charge in [-0.2, -0.15) is 13.2 Å². The van der Waals surface area contributed by atoms with E-state index in [2.05, 4.69) is 11.3 Å². The summed E-state index contributed by atoms with van der Waals surface area (Å²) >= 11 is 0. The summed E-state index contributed by atoms with van der Waals surface area (Å²) in [5.74, 6) is -0.770. The smallest absolute Gasteiger partial charge is 0.417 e. The topological polar surface area (TPSA) is 26.3 Å². The number of halogens is 3. The van der Waals surface area contributed by atoms with E-state index in [-0.39, 0.29) is 17.7 Å². The van der Waals surface area contributed by atoms with Crippen LogP contribution >= 0.6 is 0 Å². The molecule has 0 saturated carbocycles. The zero-order chi connectivity index (χ0) is 13.1. The van der Waals surface area contributed by atoms with Crippen molar-refractivity contribution in [1.82, 2.24) is 0 Å². The minimum Gasteiger partial charge on any atom is -0.462 e. The molecule has 92 valence electrons. The predicted octanol–water partition coefficient (Wildman–Crippen LogP) is 3.53. The normalized spacial score (nSPS) is 11.1. The van der Waals surface area contributed by atoms with E-state index < -0.39 is 17.7 Å². The average molecular weight is 244 g/mol. The van der Waals surface area contributed by atoms with Gasteiger partial charge in [-0.3, -0.25) is 0 Å². The van der Waals surface area contributed by atoms with Crippen LogP contribution in [0.2, 0.25) is 0 Å². The van der Waals surface area contributed by atoms with E-state index >= 15 is 0 Å². The van der Waals surface area contributed by atoms with Crippen molar-refractivity contribution in [1.29, 1.82) is 0 Å². The number of ether oxygens (including phenoxy) is 1. The Hall–Kier alpha value is -1.78. The molecule has 1 aromatic carbocycles. The lowest BCUT2D eigenvalue weighted by Gasteiger charge is -2.11. The molecule has 0 bridgehead atoms. The largest absolute Gasteiger partial charge is 0.462 e. The van der Waals surface area contributed by atoms with Crippen LogP contribution in [0.3, 0.4) is 0 Å². The Bertz CT molecular complexity index is 436. The zero-order valence-electron chi connectivity index (χ0n) is 9.17. The summed E-state index contributed by atoms with van der Waals surface area (Å²) in [6, 6.07) is 3.25. The Kier molecular flexibility index (Phi) is 3.93. The van der Waals surface area contributed by atoms with Gasteiger partial charge >= 0.3 is 12.1 Å². The third kappa shape index (κ3) is 3.09. The SMILES string of the molecule is C=Cc1ccc(C(=O)OCC)cc1C(F)(F)F. The minimum atomic E-state index is -4.52. The highest BCUT2D eigenvalue weighted by atomic mass is 19.4. The van der Waals surface area contributed by atoms with Gasteiger partial charge in [-0.25, -0.2) is 4.79 Å². The van der Waals surface area contributed by atoms with Gasteiger partial charge in [0.25, 0.3) is 0 Å². The van der Waals surface area contributed by atoms with Crippen LogP contribution in [0.1, 0.15) is 28.4 Å². The lowest BCUT2D eigenvalue weighted by Crippen LogP contribution is -2.11. The van der Waals surface area contributed by atoms with Gasteiger partial charge in [0.2, 0.25) is 0 Å². The molecule has 2 nitrogen and oxygen atoms in total. The number of rotatable bonds is 3. The van der Waals surface area contributed by atoms with Crippen molar-refractivity contribution in [3.63, 3.8) is 0 Å². The second-order valence-corrected chi connectivity index (χ2v) is 3.22. The van der Waals surface area contributed by atoms with Gasteiger partial charge in [0.15, 0.2) is 0 Å². The Morgan fingerprint density at radius 1 is 1.47 bits per heavy atom.